The largest absolute Gasteiger partial charge is 0.493 e. The Hall–Kier alpha value is -2.48. The fourth-order valence-corrected chi connectivity index (χ4v) is 7.36. The molecule has 0 fully saturated rings. The highest BCUT2D eigenvalue weighted by molar-refractivity contribution is 5.82. The zero-order valence-electron chi connectivity index (χ0n) is 31.6. The van der Waals surface area contributed by atoms with Crippen molar-refractivity contribution in [2.75, 3.05) is 0 Å². The van der Waals surface area contributed by atoms with E-state index in [1.165, 1.54) is 141 Å². The normalized spacial score (nSPS) is 13.4. The summed E-state index contributed by atoms with van der Waals surface area (Å²) in [4.78, 5) is 0. The van der Waals surface area contributed by atoms with Crippen LogP contribution >= 0.6 is 0 Å². The van der Waals surface area contributed by atoms with Gasteiger partial charge in [0.25, 0.3) is 0 Å². The maximum absolute atomic E-state index is 12.4. The highest BCUT2D eigenvalue weighted by Crippen LogP contribution is 2.45. The Kier molecular flexibility index (Phi) is 18.4. The van der Waals surface area contributed by atoms with Crippen molar-refractivity contribution < 1.29 is 4.70 Å². The molecule has 47 heavy (non-hydrogen) atoms. The van der Waals surface area contributed by atoms with E-state index in [9.17, 15) is 5.53 Å². The summed E-state index contributed by atoms with van der Waals surface area (Å²) >= 11 is 0. The molecule has 2 aromatic rings. The van der Waals surface area contributed by atoms with Gasteiger partial charge in [-0.1, -0.05) is 137 Å². The van der Waals surface area contributed by atoms with E-state index in [4.69, 9.17) is 0 Å². The minimum Gasteiger partial charge on any atom is -0.493 e. The first-order chi connectivity index (χ1) is 23.0. The predicted molar refractivity (Wildman–Crippen MR) is 207 cm³/mol. The molecule has 0 atom stereocenters. The standard InChI is InChI=1S/C45H70N2/c1-7-13-17-18-19-20-21-22-23-24-25-29-43-42(28-16-10-4)44(40-32-36(11-5)30-38(34-40)26-14-8-2)47(46)45(43)41-33-37(12-6)31-39(35-41)27-15-9-3/h30-35H,7-29H2,1-6H3. The molecule has 1 heterocycles. The van der Waals surface area contributed by atoms with Crippen molar-refractivity contribution in [3.8, 4) is 0 Å². The third-order valence-electron chi connectivity index (χ3n) is 10.3. The van der Waals surface area contributed by atoms with Gasteiger partial charge in [-0.2, -0.15) is 0 Å². The van der Waals surface area contributed by atoms with Crippen LogP contribution in [0.2, 0.25) is 0 Å². The minimum atomic E-state index is 1.02. The monoisotopic (exact) mass is 639 g/mol. The molecule has 0 saturated heterocycles. The van der Waals surface area contributed by atoms with Crippen molar-refractivity contribution in [2.24, 2.45) is 0 Å². The van der Waals surface area contributed by atoms with E-state index in [1.54, 1.807) is 4.70 Å². The first-order valence-corrected chi connectivity index (χ1v) is 20.2. The molecule has 0 amide bonds. The summed E-state index contributed by atoms with van der Waals surface area (Å²) in [6, 6.07) is 14.3. The van der Waals surface area contributed by atoms with E-state index in [1.807, 2.05) is 0 Å². The highest BCUT2D eigenvalue weighted by Gasteiger charge is 2.35. The van der Waals surface area contributed by atoms with E-state index in [0.717, 1.165) is 62.8 Å². The van der Waals surface area contributed by atoms with Gasteiger partial charge < -0.3 is 5.53 Å². The molecule has 0 radical (unpaired) electrons. The average Bonchev–Trinajstić information content (AvgIpc) is 3.37. The van der Waals surface area contributed by atoms with Crippen molar-refractivity contribution >= 4 is 11.4 Å². The smallest absolute Gasteiger partial charge is 0.211 e. The Balaban J connectivity index is 1.97. The summed E-state index contributed by atoms with van der Waals surface area (Å²) in [6.07, 6.45) is 28.3. The number of aryl methyl sites for hydroxylation is 4. The zero-order valence-corrected chi connectivity index (χ0v) is 31.6. The van der Waals surface area contributed by atoms with E-state index >= 15 is 0 Å². The quantitative estimate of drug-likeness (QED) is 0.0764. The van der Waals surface area contributed by atoms with Crippen LogP contribution in [-0.2, 0) is 25.7 Å². The van der Waals surface area contributed by atoms with Gasteiger partial charge in [-0.15, -0.1) is 0 Å². The number of nitrogens with zero attached hydrogens (tertiary/aromatic N) is 2. The Morgan fingerprint density at radius 2 is 0.723 bits per heavy atom. The van der Waals surface area contributed by atoms with Crippen LogP contribution < -0.4 is 0 Å². The Labute approximate surface area is 291 Å². The number of hydrogen-bond donors (Lipinski definition) is 0. The SMILES string of the molecule is CCCCCCCCCCCCCC1=C(c2cc(CC)cc(CCCC)c2)[N+](=[N-])C(c2cc(CC)cc(CCCC)c2)=C1CCCC. The molecule has 2 heteroatoms. The third kappa shape index (κ3) is 12.2. The first-order valence-electron chi connectivity index (χ1n) is 20.2. The van der Waals surface area contributed by atoms with Crippen LogP contribution in [0.4, 0.5) is 0 Å². The van der Waals surface area contributed by atoms with Crippen LogP contribution in [0.5, 0.6) is 0 Å². The molecule has 0 aromatic heterocycles. The second kappa shape index (κ2) is 22.2. The molecule has 3 rings (SSSR count). The molecular weight excluding hydrogens is 569 g/mol. The molecule has 0 N–H and O–H groups in total. The van der Waals surface area contributed by atoms with Crippen molar-refractivity contribution in [1.82, 2.24) is 0 Å². The molecule has 0 aliphatic carbocycles. The predicted octanol–water partition coefficient (Wildman–Crippen LogP) is 14.6. The fourth-order valence-electron chi connectivity index (χ4n) is 7.36. The molecule has 1 aliphatic rings. The van der Waals surface area contributed by atoms with Gasteiger partial charge in [-0.25, -0.2) is 4.70 Å². The highest BCUT2D eigenvalue weighted by atomic mass is 15.2. The van der Waals surface area contributed by atoms with Gasteiger partial charge >= 0.3 is 0 Å². The van der Waals surface area contributed by atoms with Crippen LogP contribution in [0, 0.1) is 0 Å². The lowest BCUT2D eigenvalue weighted by molar-refractivity contribution is -0.345. The molecule has 2 aromatic carbocycles. The van der Waals surface area contributed by atoms with Crippen LogP contribution in [0.1, 0.15) is 197 Å². The summed E-state index contributed by atoms with van der Waals surface area (Å²) in [5.74, 6) is 0. The summed E-state index contributed by atoms with van der Waals surface area (Å²) < 4.78 is 1.63. The van der Waals surface area contributed by atoms with Gasteiger partial charge in [0.1, 0.15) is 0 Å². The van der Waals surface area contributed by atoms with E-state index in [0.29, 0.717) is 0 Å². The molecule has 0 bridgehead atoms. The number of unbranched alkanes of at least 4 members (excludes halogenated alkanes) is 13. The topological polar surface area (TPSA) is 25.3 Å². The van der Waals surface area contributed by atoms with Gasteiger partial charge in [0.05, 0.1) is 0 Å². The maximum Gasteiger partial charge on any atom is 0.211 e. The van der Waals surface area contributed by atoms with Crippen LogP contribution in [0.3, 0.4) is 0 Å². The Morgan fingerprint density at radius 3 is 1.13 bits per heavy atom. The number of hydrogen-bond acceptors (Lipinski definition) is 0. The summed E-state index contributed by atoms with van der Waals surface area (Å²) in [6.45, 7) is 13.7. The second-order valence-corrected chi connectivity index (χ2v) is 14.3. The van der Waals surface area contributed by atoms with Crippen molar-refractivity contribution in [3.63, 3.8) is 0 Å². The molecule has 1 aliphatic heterocycles. The minimum absolute atomic E-state index is 1.02. The molecule has 260 valence electrons. The van der Waals surface area contributed by atoms with E-state index < -0.39 is 0 Å². The average molecular weight is 639 g/mol. The van der Waals surface area contributed by atoms with E-state index in [-0.39, 0.29) is 0 Å². The lowest BCUT2D eigenvalue weighted by atomic mass is 9.90. The van der Waals surface area contributed by atoms with Gasteiger partial charge in [-0.3, -0.25) is 0 Å². The molecular formula is C45H70N2. The fraction of sp³-hybridized carbons (Fsp3) is 0.644. The number of benzene rings is 2. The van der Waals surface area contributed by atoms with Crippen molar-refractivity contribution in [2.45, 2.75) is 189 Å². The van der Waals surface area contributed by atoms with Crippen molar-refractivity contribution in [3.05, 3.63) is 86.5 Å². The Bertz CT molecular complexity index is 1290. The summed E-state index contributed by atoms with van der Waals surface area (Å²) in [5.41, 5.74) is 25.2. The first kappa shape index (κ1) is 39.0. The zero-order chi connectivity index (χ0) is 33.9. The van der Waals surface area contributed by atoms with Gasteiger partial charge in [0.15, 0.2) is 0 Å². The third-order valence-corrected chi connectivity index (χ3v) is 10.3. The Morgan fingerprint density at radius 1 is 0.383 bits per heavy atom. The summed E-state index contributed by atoms with van der Waals surface area (Å²) in [7, 11) is 0. The summed E-state index contributed by atoms with van der Waals surface area (Å²) in [5, 5.41) is 0. The number of allylic oxidation sites excluding steroid dienone is 2. The van der Waals surface area contributed by atoms with Crippen LogP contribution in [-0.4, -0.2) is 4.70 Å². The number of rotatable bonds is 25. The molecule has 0 unspecified atom stereocenters. The van der Waals surface area contributed by atoms with Gasteiger partial charge in [0.2, 0.25) is 11.4 Å². The lowest BCUT2D eigenvalue weighted by Crippen LogP contribution is -2.05. The van der Waals surface area contributed by atoms with Gasteiger partial charge in [0, 0.05) is 22.3 Å². The second-order valence-electron chi connectivity index (χ2n) is 14.3. The molecule has 0 spiro atoms. The molecule has 2 nitrogen and oxygen atoms in total. The van der Waals surface area contributed by atoms with Gasteiger partial charge in [-0.05, 0) is 111 Å². The van der Waals surface area contributed by atoms with Crippen LogP contribution in [0.25, 0.3) is 16.9 Å². The van der Waals surface area contributed by atoms with Crippen molar-refractivity contribution in [1.29, 1.82) is 0 Å². The maximum atomic E-state index is 12.4. The molecule has 0 saturated carbocycles. The van der Waals surface area contributed by atoms with E-state index in [2.05, 4.69) is 77.9 Å². The lowest BCUT2D eigenvalue weighted by Gasteiger charge is -2.14. The van der Waals surface area contributed by atoms with Crippen LogP contribution in [0.15, 0.2) is 47.5 Å².